The molecule has 2 aromatic carbocycles. The van der Waals surface area contributed by atoms with Gasteiger partial charge in [0.2, 0.25) is 0 Å². The monoisotopic (exact) mass is 292 g/mol. The molecule has 0 aliphatic heterocycles. The summed E-state index contributed by atoms with van der Waals surface area (Å²) in [7, 11) is 0. The second kappa shape index (κ2) is 10.9. The maximum Gasteiger partial charge on any atom is 0 e. The minimum absolute atomic E-state index is 0. The van der Waals surface area contributed by atoms with Gasteiger partial charge in [-0.1, -0.05) is 0 Å². The molecular formula is C10H10FePd-6. The van der Waals surface area contributed by atoms with Crippen LogP contribution in [0.3, 0.4) is 0 Å². The molecule has 12 heavy (non-hydrogen) atoms. The van der Waals surface area contributed by atoms with Gasteiger partial charge in [-0.05, 0) is 0 Å². The largest absolute Gasteiger partial charge is 0.748 e. The molecule has 2 heteroatoms. The predicted octanol–water partition coefficient (Wildman–Crippen LogP) is 2.81. The second-order valence-electron chi connectivity index (χ2n) is 1.92. The van der Waals surface area contributed by atoms with Gasteiger partial charge in [-0.2, -0.15) is 18.2 Å². The van der Waals surface area contributed by atoms with E-state index in [9.17, 15) is 0 Å². The minimum atomic E-state index is 0. The summed E-state index contributed by atoms with van der Waals surface area (Å²) in [4.78, 5) is 0. The zero-order valence-electron chi connectivity index (χ0n) is 6.44. The maximum absolute atomic E-state index is 2.00. The molecule has 0 N–H and O–H groups in total. The molecular weight excluding hydrogens is 282 g/mol. The van der Waals surface area contributed by atoms with Gasteiger partial charge in [-0.25, -0.2) is 12.1 Å². The minimum Gasteiger partial charge on any atom is -0.748 e. The van der Waals surface area contributed by atoms with E-state index < -0.39 is 0 Å². The normalized spacial score (nSPS) is 6.67. The summed E-state index contributed by atoms with van der Waals surface area (Å²) in [6.45, 7) is 0. The molecule has 74 valence electrons. The van der Waals surface area contributed by atoms with Crippen molar-refractivity contribution in [3.63, 3.8) is 0 Å². The van der Waals surface area contributed by atoms with Crippen molar-refractivity contribution >= 4 is 0 Å². The van der Waals surface area contributed by atoms with E-state index in [4.69, 9.17) is 0 Å². The number of hydrogen-bond donors (Lipinski definition) is 0. The first-order chi connectivity index (χ1) is 5.00. The van der Waals surface area contributed by atoms with Crippen molar-refractivity contribution in [3.05, 3.63) is 60.7 Å². The Morgan fingerprint density at radius 1 is 0.667 bits per heavy atom. The van der Waals surface area contributed by atoms with E-state index in [1.165, 1.54) is 0 Å². The van der Waals surface area contributed by atoms with E-state index in [-0.39, 0.29) is 37.5 Å². The van der Waals surface area contributed by atoms with Crippen molar-refractivity contribution in [2.75, 3.05) is 0 Å². The van der Waals surface area contributed by atoms with Crippen LogP contribution in [0.15, 0.2) is 60.7 Å². The van der Waals surface area contributed by atoms with Crippen molar-refractivity contribution < 1.29 is 37.5 Å². The van der Waals surface area contributed by atoms with Gasteiger partial charge in [0.1, 0.15) is 0 Å². The van der Waals surface area contributed by atoms with E-state index in [1.54, 1.807) is 0 Å². The Morgan fingerprint density at radius 3 is 1.17 bits per heavy atom. The molecule has 0 unspecified atom stereocenters. The molecule has 0 aliphatic rings. The number of hydrogen-bond acceptors (Lipinski definition) is 0. The molecule has 0 aromatic heterocycles. The zero-order chi connectivity index (χ0) is 7.07. The molecule has 0 atom stereocenters. The van der Waals surface area contributed by atoms with E-state index in [0.717, 1.165) is 0 Å². The molecule has 0 fully saturated rings. The molecule has 0 aliphatic carbocycles. The fourth-order valence-corrected chi connectivity index (χ4v) is 0.642. The molecule has 0 bridgehead atoms. The van der Waals surface area contributed by atoms with Gasteiger partial charge < -0.3 is 30.3 Å². The van der Waals surface area contributed by atoms with Crippen LogP contribution >= 0.6 is 0 Å². The fourth-order valence-electron chi connectivity index (χ4n) is 0.642. The van der Waals surface area contributed by atoms with E-state index in [2.05, 4.69) is 0 Å². The van der Waals surface area contributed by atoms with Crippen molar-refractivity contribution in [1.82, 2.24) is 0 Å². The third kappa shape index (κ3) is 7.98. The van der Waals surface area contributed by atoms with Crippen molar-refractivity contribution in [1.29, 1.82) is 0 Å². The Morgan fingerprint density at radius 2 is 1.00 bits per heavy atom. The first-order valence-electron chi connectivity index (χ1n) is 3.33. The molecule has 0 radical (unpaired) electrons. The second-order valence-corrected chi connectivity index (χ2v) is 1.92. The molecule has 0 spiro atoms. The van der Waals surface area contributed by atoms with E-state index in [0.29, 0.717) is 0 Å². The van der Waals surface area contributed by atoms with Crippen LogP contribution in [0, 0.1) is 0 Å². The van der Waals surface area contributed by atoms with Crippen molar-refractivity contribution in [3.8, 4) is 0 Å². The first kappa shape index (κ1) is 14.4. The Labute approximate surface area is 97.8 Å². The summed E-state index contributed by atoms with van der Waals surface area (Å²) >= 11 is 0. The Balaban J connectivity index is 0. The number of rotatable bonds is 0. The van der Waals surface area contributed by atoms with Gasteiger partial charge in [0, 0.05) is 37.5 Å². The van der Waals surface area contributed by atoms with Crippen LogP contribution in [-0.2, 0) is 37.5 Å². The van der Waals surface area contributed by atoms with Crippen LogP contribution in [0.4, 0.5) is 0 Å². The summed E-state index contributed by atoms with van der Waals surface area (Å²) in [5, 5.41) is 0. The van der Waals surface area contributed by atoms with Crippen molar-refractivity contribution in [2.24, 2.45) is 0 Å². The Hall–Kier alpha value is -0.118. The van der Waals surface area contributed by atoms with Crippen LogP contribution in [0.25, 0.3) is 0 Å². The summed E-state index contributed by atoms with van der Waals surface area (Å²) < 4.78 is 0. The first-order valence-corrected chi connectivity index (χ1v) is 3.33. The summed E-state index contributed by atoms with van der Waals surface area (Å²) in [6, 6.07) is 20.0. The van der Waals surface area contributed by atoms with Crippen molar-refractivity contribution in [2.45, 2.75) is 0 Å². The average molecular weight is 292 g/mol. The van der Waals surface area contributed by atoms with Gasteiger partial charge in [-0.15, -0.1) is 0 Å². The van der Waals surface area contributed by atoms with Gasteiger partial charge in [0.15, 0.2) is 0 Å². The quantitative estimate of drug-likeness (QED) is 0.517. The van der Waals surface area contributed by atoms with Crippen LogP contribution in [0.1, 0.15) is 0 Å². The summed E-state index contributed by atoms with van der Waals surface area (Å²) in [5.74, 6) is 0. The summed E-state index contributed by atoms with van der Waals surface area (Å²) in [5.41, 5.74) is 0. The van der Waals surface area contributed by atoms with Gasteiger partial charge >= 0.3 is 0 Å². The third-order valence-corrected chi connectivity index (χ3v) is 1.11. The van der Waals surface area contributed by atoms with Gasteiger partial charge in [0.25, 0.3) is 0 Å². The fraction of sp³-hybridized carbons (Fsp3) is 0. The predicted molar refractivity (Wildman–Crippen MR) is 44.1 cm³/mol. The summed E-state index contributed by atoms with van der Waals surface area (Å²) in [6.07, 6.45) is 0. The molecule has 2 rings (SSSR count). The van der Waals surface area contributed by atoms with Gasteiger partial charge in [0.05, 0.1) is 0 Å². The molecule has 0 saturated heterocycles. The molecule has 0 amide bonds. The van der Waals surface area contributed by atoms with Crippen LogP contribution in [0.2, 0.25) is 0 Å². The van der Waals surface area contributed by atoms with E-state index >= 15 is 0 Å². The van der Waals surface area contributed by atoms with Gasteiger partial charge in [-0.3, -0.25) is 0 Å². The Bertz CT molecular complexity index is 149. The average Bonchev–Trinajstić information content (AvgIpc) is 2.67. The van der Waals surface area contributed by atoms with Crippen LogP contribution in [0.5, 0.6) is 0 Å². The standard InChI is InChI=1S/2C5H5.Fe.Pd/c2*1-2-4-5-3-1;;/h2*1-5H;;/q-5;-1;;. The maximum atomic E-state index is 2.00. The Kier molecular flexibility index (Phi) is 13.1. The smallest absolute Gasteiger partial charge is 0 e. The van der Waals surface area contributed by atoms with Crippen LogP contribution in [-0.4, -0.2) is 0 Å². The van der Waals surface area contributed by atoms with E-state index in [1.807, 2.05) is 60.7 Å². The molecule has 0 nitrogen and oxygen atoms in total. The SMILES string of the molecule is [Fe].[Pd].[cH-]1[cH-][cH-][cH-][cH-]1.c1cc[cH-]c1. The zero-order valence-corrected chi connectivity index (χ0v) is 9.10. The van der Waals surface area contributed by atoms with Crippen LogP contribution < -0.4 is 0 Å². The third-order valence-electron chi connectivity index (χ3n) is 1.11. The molecule has 2 aromatic rings. The topological polar surface area (TPSA) is 0 Å². The molecule has 0 saturated carbocycles. The molecule has 0 heterocycles.